The number of rotatable bonds is 5. The number of pyridine rings is 1. The number of halogens is 1. The van der Waals surface area contributed by atoms with Gasteiger partial charge in [0.15, 0.2) is 0 Å². The van der Waals surface area contributed by atoms with Crippen LogP contribution in [0.25, 0.3) is 10.9 Å². The molecule has 0 aliphatic carbocycles. The number of ether oxygens (including phenoxy) is 1. The third-order valence-electron chi connectivity index (χ3n) is 5.09. The molecule has 0 radical (unpaired) electrons. The second kappa shape index (κ2) is 7.53. The maximum Gasteiger partial charge on any atom is 0.123 e. The van der Waals surface area contributed by atoms with Crippen LogP contribution in [0.15, 0.2) is 48.5 Å². The molecule has 4 nitrogen and oxygen atoms in total. The van der Waals surface area contributed by atoms with E-state index >= 15 is 0 Å². The normalized spacial score (nSPS) is 16.9. The summed E-state index contributed by atoms with van der Waals surface area (Å²) in [7, 11) is 1.76. The van der Waals surface area contributed by atoms with E-state index in [0.29, 0.717) is 6.04 Å². The third kappa shape index (κ3) is 3.74. The number of nitrogens with zero attached hydrogens (tertiary/aromatic N) is 2. The molecular weight excluding hydrogens is 341 g/mol. The van der Waals surface area contributed by atoms with E-state index in [1.54, 1.807) is 19.2 Å². The molecule has 1 aliphatic rings. The van der Waals surface area contributed by atoms with Crippen molar-refractivity contribution in [1.29, 1.82) is 0 Å². The first kappa shape index (κ1) is 17.7. The van der Waals surface area contributed by atoms with E-state index < -0.39 is 0 Å². The molecule has 1 atom stereocenters. The lowest BCUT2D eigenvalue weighted by molar-refractivity contribution is 0.181. The Balaban J connectivity index is 1.69. The molecule has 1 saturated heterocycles. The van der Waals surface area contributed by atoms with Crippen molar-refractivity contribution in [2.75, 3.05) is 30.5 Å². The minimum absolute atomic E-state index is 0.239. The van der Waals surface area contributed by atoms with Crippen molar-refractivity contribution in [3.05, 3.63) is 60.0 Å². The van der Waals surface area contributed by atoms with Crippen LogP contribution >= 0.6 is 0 Å². The van der Waals surface area contributed by atoms with Crippen LogP contribution in [0.5, 0.6) is 0 Å². The van der Waals surface area contributed by atoms with Crippen LogP contribution in [0.4, 0.5) is 21.5 Å². The summed E-state index contributed by atoms with van der Waals surface area (Å²) in [5.41, 5.74) is 4.97. The highest BCUT2D eigenvalue weighted by Crippen LogP contribution is 2.34. The molecule has 4 rings (SSSR count). The molecule has 0 bridgehead atoms. The topological polar surface area (TPSA) is 37.4 Å². The number of aromatic nitrogens is 1. The summed E-state index contributed by atoms with van der Waals surface area (Å²) < 4.78 is 18.5. The molecule has 3 aromatic rings. The number of fused-ring (bicyclic) bond motifs is 1. The summed E-state index contributed by atoms with van der Waals surface area (Å²) in [6.45, 7) is 3.82. The minimum atomic E-state index is -0.239. The molecule has 27 heavy (non-hydrogen) atoms. The number of nitrogens with one attached hydrogen (secondary N) is 1. The van der Waals surface area contributed by atoms with Gasteiger partial charge in [-0.05, 0) is 68.3 Å². The van der Waals surface area contributed by atoms with Crippen molar-refractivity contribution in [1.82, 2.24) is 4.98 Å². The first-order valence-electron chi connectivity index (χ1n) is 9.33. The predicted octanol–water partition coefficient (Wildman–Crippen LogP) is 5.04. The lowest BCUT2D eigenvalue weighted by atomic mass is 10.1. The van der Waals surface area contributed by atoms with E-state index in [0.717, 1.165) is 47.5 Å². The molecule has 0 saturated carbocycles. The molecule has 2 heterocycles. The van der Waals surface area contributed by atoms with Crippen molar-refractivity contribution in [3.63, 3.8) is 0 Å². The second-order valence-electron chi connectivity index (χ2n) is 7.09. The number of aryl methyl sites for hydroxylation is 1. The van der Waals surface area contributed by atoms with E-state index in [-0.39, 0.29) is 5.82 Å². The third-order valence-corrected chi connectivity index (χ3v) is 5.09. The number of hydrogen-bond acceptors (Lipinski definition) is 4. The lowest BCUT2D eigenvalue weighted by Gasteiger charge is -2.28. The van der Waals surface area contributed by atoms with Gasteiger partial charge in [0.1, 0.15) is 5.82 Å². The van der Waals surface area contributed by atoms with Crippen LogP contribution in [0.3, 0.4) is 0 Å². The quantitative estimate of drug-likeness (QED) is 0.687. The lowest BCUT2D eigenvalue weighted by Crippen LogP contribution is -2.33. The van der Waals surface area contributed by atoms with Gasteiger partial charge >= 0.3 is 0 Å². The molecule has 0 spiro atoms. The van der Waals surface area contributed by atoms with E-state index in [9.17, 15) is 4.39 Å². The number of methoxy groups -OCH3 is 1. The van der Waals surface area contributed by atoms with E-state index in [1.165, 1.54) is 24.2 Å². The van der Waals surface area contributed by atoms with Crippen molar-refractivity contribution in [2.45, 2.75) is 25.8 Å². The van der Waals surface area contributed by atoms with Crippen LogP contribution in [0.1, 0.15) is 18.5 Å². The summed E-state index contributed by atoms with van der Waals surface area (Å²) in [6, 6.07) is 15.2. The summed E-state index contributed by atoms with van der Waals surface area (Å²) in [5.74, 6) is -0.239. The Morgan fingerprint density at radius 3 is 2.70 bits per heavy atom. The fourth-order valence-electron chi connectivity index (χ4n) is 3.87. The Kier molecular flexibility index (Phi) is 4.94. The largest absolute Gasteiger partial charge is 0.383 e. The number of hydrogen-bond donors (Lipinski definition) is 1. The molecule has 1 aromatic heterocycles. The zero-order chi connectivity index (χ0) is 18.8. The van der Waals surface area contributed by atoms with Crippen molar-refractivity contribution in [3.8, 4) is 0 Å². The highest BCUT2D eigenvalue weighted by molar-refractivity contribution is 5.94. The van der Waals surface area contributed by atoms with Gasteiger partial charge in [0.05, 0.1) is 18.2 Å². The molecule has 1 N–H and O–H groups in total. The zero-order valence-corrected chi connectivity index (χ0v) is 15.7. The Hall–Kier alpha value is -2.66. The summed E-state index contributed by atoms with van der Waals surface area (Å²) in [6.07, 6.45) is 2.34. The highest BCUT2D eigenvalue weighted by atomic mass is 19.1. The van der Waals surface area contributed by atoms with Crippen LogP contribution in [-0.2, 0) is 4.74 Å². The molecule has 2 aromatic carbocycles. The molecule has 1 unspecified atom stereocenters. The van der Waals surface area contributed by atoms with Gasteiger partial charge in [0.25, 0.3) is 0 Å². The number of anilines is 3. The van der Waals surface area contributed by atoms with E-state index in [2.05, 4.69) is 28.4 Å². The van der Waals surface area contributed by atoms with Crippen LogP contribution < -0.4 is 10.2 Å². The van der Waals surface area contributed by atoms with Gasteiger partial charge in [-0.25, -0.2) is 4.39 Å². The van der Waals surface area contributed by atoms with Crippen LogP contribution in [0, 0.1) is 12.7 Å². The zero-order valence-electron chi connectivity index (χ0n) is 15.7. The van der Waals surface area contributed by atoms with E-state index in [4.69, 9.17) is 9.72 Å². The summed E-state index contributed by atoms with van der Waals surface area (Å²) >= 11 is 0. The Morgan fingerprint density at radius 2 is 1.93 bits per heavy atom. The van der Waals surface area contributed by atoms with Crippen molar-refractivity contribution in [2.24, 2.45) is 0 Å². The first-order valence-corrected chi connectivity index (χ1v) is 9.33. The van der Waals surface area contributed by atoms with Gasteiger partial charge in [-0.2, -0.15) is 0 Å². The van der Waals surface area contributed by atoms with Crippen LogP contribution in [-0.4, -0.2) is 31.3 Å². The molecule has 1 fully saturated rings. The average Bonchev–Trinajstić information content (AvgIpc) is 3.11. The minimum Gasteiger partial charge on any atom is -0.383 e. The Labute approximate surface area is 159 Å². The monoisotopic (exact) mass is 365 g/mol. The standard InChI is InChI=1S/C22H24FN3O/c1-15-12-22(26-11-3-4-19(26)14-27-2)20-10-9-18(13-21(20)24-15)25-17-7-5-16(23)6-8-17/h5-10,12-13,19,25H,3-4,11,14H2,1-2H3. The van der Waals surface area contributed by atoms with E-state index in [1.807, 2.05) is 13.0 Å². The summed E-state index contributed by atoms with van der Waals surface area (Å²) in [4.78, 5) is 7.19. The molecule has 0 amide bonds. The fraction of sp³-hybridized carbons (Fsp3) is 0.318. The smallest absolute Gasteiger partial charge is 0.123 e. The maximum atomic E-state index is 13.1. The van der Waals surface area contributed by atoms with Crippen LogP contribution in [0.2, 0.25) is 0 Å². The highest BCUT2D eigenvalue weighted by Gasteiger charge is 2.26. The molecule has 5 heteroatoms. The van der Waals surface area contributed by atoms with Crippen molar-refractivity contribution < 1.29 is 9.13 Å². The first-order chi connectivity index (χ1) is 13.1. The maximum absolute atomic E-state index is 13.1. The second-order valence-corrected chi connectivity index (χ2v) is 7.09. The molecule has 1 aliphatic heterocycles. The van der Waals surface area contributed by atoms with Gasteiger partial charge in [-0.15, -0.1) is 0 Å². The fourth-order valence-corrected chi connectivity index (χ4v) is 3.87. The van der Waals surface area contributed by atoms with Gasteiger partial charge in [0, 0.05) is 41.8 Å². The van der Waals surface area contributed by atoms with Gasteiger partial charge < -0.3 is 15.0 Å². The number of benzene rings is 2. The van der Waals surface area contributed by atoms with Crippen molar-refractivity contribution >= 4 is 28.0 Å². The molecule has 140 valence electrons. The predicted molar refractivity (Wildman–Crippen MR) is 108 cm³/mol. The summed E-state index contributed by atoms with van der Waals surface area (Å²) in [5, 5.41) is 4.47. The van der Waals surface area contributed by atoms with Gasteiger partial charge in [-0.3, -0.25) is 4.98 Å². The Morgan fingerprint density at radius 1 is 1.15 bits per heavy atom. The Bertz CT molecular complexity index is 942. The molecular formula is C22H24FN3O. The average molecular weight is 365 g/mol. The van der Waals surface area contributed by atoms with Gasteiger partial charge in [-0.1, -0.05) is 0 Å². The van der Waals surface area contributed by atoms with Gasteiger partial charge in [0.2, 0.25) is 0 Å². The SMILES string of the molecule is COCC1CCCN1c1cc(C)nc2cc(Nc3ccc(F)cc3)ccc12.